The van der Waals surface area contributed by atoms with Crippen LogP contribution in [0.2, 0.25) is 0 Å². The van der Waals surface area contributed by atoms with Crippen molar-refractivity contribution in [1.29, 1.82) is 0 Å². The van der Waals surface area contributed by atoms with E-state index < -0.39 is 0 Å². The zero-order chi connectivity index (χ0) is 16.1. The largest absolute Gasteiger partial charge is 0.374 e. The van der Waals surface area contributed by atoms with Gasteiger partial charge in [-0.1, -0.05) is 12.1 Å². The summed E-state index contributed by atoms with van der Waals surface area (Å²) in [6, 6.07) is 8.01. The molecule has 1 amide bonds. The summed E-state index contributed by atoms with van der Waals surface area (Å²) >= 11 is 0. The fourth-order valence-corrected chi connectivity index (χ4v) is 2.82. The molecule has 0 aliphatic carbocycles. The van der Waals surface area contributed by atoms with Gasteiger partial charge in [-0.25, -0.2) is 4.98 Å². The Balaban J connectivity index is 1.53. The van der Waals surface area contributed by atoms with Crippen molar-refractivity contribution >= 4 is 11.6 Å². The highest BCUT2D eigenvalue weighted by Crippen LogP contribution is 2.14. The molecule has 6 heteroatoms. The number of carbonyl (C=O) groups is 1. The molecule has 1 aliphatic heterocycles. The number of aromatic nitrogens is 2. The first-order chi connectivity index (χ1) is 11.2. The van der Waals surface area contributed by atoms with Crippen LogP contribution in [-0.4, -0.2) is 46.2 Å². The number of amides is 1. The van der Waals surface area contributed by atoms with Gasteiger partial charge in [-0.15, -0.1) is 0 Å². The van der Waals surface area contributed by atoms with Crippen molar-refractivity contribution in [1.82, 2.24) is 14.5 Å². The molecule has 1 fully saturated rings. The van der Waals surface area contributed by atoms with Gasteiger partial charge in [0.15, 0.2) is 0 Å². The second-order valence-electron chi connectivity index (χ2n) is 5.87. The van der Waals surface area contributed by atoms with Gasteiger partial charge >= 0.3 is 0 Å². The molecule has 1 N–H and O–H groups in total. The fourth-order valence-electron chi connectivity index (χ4n) is 2.82. The number of hydrogen-bond acceptors (Lipinski definition) is 4. The molecule has 2 heterocycles. The highest BCUT2D eigenvalue weighted by molar-refractivity contribution is 5.88. The number of carbonyl (C=O) groups excluding carboxylic acids is 1. The lowest BCUT2D eigenvalue weighted by atomic mass is 10.1. The van der Waals surface area contributed by atoms with Crippen LogP contribution in [0.1, 0.15) is 12.5 Å². The van der Waals surface area contributed by atoms with E-state index in [-0.39, 0.29) is 12.0 Å². The molecule has 0 spiro atoms. The first kappa shape index (κ1) is 15.7. The number of rotatable bonds is 5. The summed E-state index contributed by atoms with van der Waals surface area (Å²) in [6.07, 6.45) is 5.76. The minimum Gasteiger partial charge on any atom is -0.374 e. The van der Waals surface area contributed by atoms with Gasteiger partial charge in [0.1, 0.15) is 0 Å². The molecule has 1 saturated heterocycles. The van der Waals surface area contributed by atoms with E-state index >= 15 is 0 Å². The highest BCUT2D eigenvalue weighted by Gasteiger charge is 2.20. The summed E-state index contributed by atoms with van der Waals surface area (Å²) in [5.74, 6) is -0.0479. The molecule has 2 aromatic rings. The average Bonchev–Trinajstić information content (AvgIpc) is 3.02. The minimum atomic E-state index is -0.0479. The number of ether oxygens (including phenoxy) is 1. The number of hydrogen-bond donors (Lipinski definition) is 1. The number of nitrogens with zero attached hydrogens (tertiary/aromatic N) is 3. The molecule has 23 heavy (non-hydrogen) atoms. The Morgan fingerprint density at radius 3 is 2.91 bits per heavy atom. The van der Waals surface area contributed by atoms with Gasteiger partial charge in [0.05, 0.1) is 25.6 Å². The molecule has 1 aromatic heterocycles. The number of benzene rings is 1. The van der Waals surface area contributed by atoms with Crippen molar-refractivity contribution < 1.29 is 9.53 Å². The Bertz CT molecular complexity index is 625. The summed E-state index contributed by atoms with van der Waals surface area (Å²) in [6.45, 7) is 5.84. The standard InChI is InChI=1S/C17H22N4O2/c1-14(22)19-16-4-2-15(3-5-16)10-20-8-9-23-17(11-20)12-21-7-6-18-13-21/h2-7,13,17H,8-12H2,1H3,(H,19,22). The molecule has 1 aromatic carbocycles. The lowest BCUT2D eigenvalue weighted by Gasteiger charge is -2.33. The molecule has 0 radical (unpaired) electrons. The van der Waals surface area contributed by atoms with Crippen LogP contribution in [0.25, 0.3) is 0 Å². The number of morpholine rings is 1. The van der Waals surface area contributed by atoms with Crippen LogP contribution in [0.3, 0.4) is 0 Å². The number of anilines is 1. The Hall–Kier alpha value is -2.18. The first-order valence-electron chi connectivity index (χ1n) is 7.85. The summed E-state index contributed by atoms with van der Waals surface area (Å²) in [7, 11) is 0. The summed E-state index contributed by atoms with van der Waals surface area (Å²) < 4.78 is 7.90. The van der Waals surface area contributed by atoms with E-state index in [0.717, 1.165) is 38.5 Å². The van der Waals surface area contributed by atoms with E-state index in [9.17, 15) is 4.79 Å². The average molecular weight is 314 g/mol. The Morgan fingerprint density at radius 2 is 2.22 bits per heavy atom. The van der Waals surface area contributed by atoms with Crippen molar-refractivity contribution in [3.8, 4) is 0 Å². The van der Waals surface area contributed by atoms with Crippen LogP contribution in [0.15, 0.2) is 43.0 Å². The normalized spacial score (nSPS) is 18.7. The Kier molecular flexibility index (Phi) is 5.05. The molecule has 1 unspecified atom stereocenters. The van der Waals surface area contributed by atoms with Crippen LogP contribution in [0.4, 0.5) is 5.69 Å². The predicted molar refractivity (Wildman–Crippen MR) is 88.0 cm³/mol. The van der Waals surface area contributed by atoms with Crippen LogP contribution in [-0.2, 0) is 22.6 Å². The van der Waals surface area contributed by atoms with Crippen molar-refractivity contribution in [3.63, 3.8) is 0 Å². The van der Waals surface area contributed by atoms with E-state index in [1.165, 1.54) is 12.5 Å². The maximum atomic E-state index is 11.0. The van der Waals surface area contributed by atoms with Crippen molar-refractivity contribution in [2.45, 2.75) is 26.1 Å². The molecule has 1 aliphatic rings. The second kappa shape index (κ2) is 7.39. The maximum absolute atomic E-state index is 11.0. The molecule has 6 nitrogen and oxygen atoms in total. The van der Waals surface area contributed by atoms with Crippen LogP contribution in [0, 0.1) is 0 Å². The maximum Gasteiger partial charge on any atom is 0.221 e. The van der Waals surface area contributed by atoms with Gasteiger partial charge in [0.25, 0.3) is 0 Å². The highest BCUT2D eigenvalue weighted by atomic mass is 16.5. The topological polar surface area (TPSA) is 59.4 Å². The lowest BCUT2D eigenvalue weighted by Crippen LogP contribution is -2.43. The summed E-state index contributed by atoms with van der Waals surface area (Å²) in [5.41, 5.74) is 2.07. The zero-order valence-electron chi connectivity index (χ0n) is 13.3. The Labute approximate surface area is 136 Å². The van der Waals surface area contributed by atoms with E-state index in [0.29, 0.717) is 0 Å². The number of nitrogens with one attached hydrogen (secondary N) is 1. The Morgan fingerprint density at radius 1 is 1.39 bits per heavy atom. The van der Waals surface area contributed by atoms with Crippen molar-refractivity contribution in [3.05, 3.63) is 48.5 Å². The quantitative estimate of drug-likeness (QED) is 0.913. The zero-order valence-corrected chi connectivity index (χ0v) is 13.3. The van der Waals surface area contributed by atoms with Gasteiger partial charge in [-0.05, 0) is 17.7 Å². The fraction of sp³-hybridized carbons (Fsp3) is 0.412. The third kappa shape index (κ3) is 4.64. The number of imidazole rings is 1. The molecule has 1 atom stereocenters. The van der Waals surface area contributed by atoms with Gasteiger partial charge in [-0.3, -0.25) is 9.69 Å². The van der Waals surface area contributed by atoms with Gasteiger partial charge in [0.2, 0.25) is 5.91 Å². The first-order valence-corrected chi connectivity index (χ1v) is 7.85. The molecule has 122 valence electrons. The lowest BCUT2D eigenvalue weighted by molar-refractivity contribution is -0.114. The molecular weight excluding hydrogens is 292 g/mol. The van der Waals surface area contributed by atoms with E-state index in [4.69, 9.17) is 4.74 Å². The molecule has 3 rings (SSSR count). The van der Waals surface area contributed by atoms with E-state index in [1.54, 1.807) is 6.20 Å². The summed E-state index contributed by atoms with van der Waals surface area (Å²) in [4.78, 5) is 17.5. The van der Waals surface area contributed by atoms with Gasteiger partial charge in [-0.2, -0.15) is 0 Å². The monoisotopic (exact) mass is 314 g/mol. The van der Waals surface area contributed by atoms with E-state index in [2.05, 4.69) is 31.9 Å². The van der Waals surface area contributed by atoms with Crippen LogP contribution < -0.4 is 5.32 Å². The second-order valence-corrected chi connectivity index (χ2v) is 5.87. The summed E-state index contributed by atoms with van der Waals surface area (Å²) in [5, 5.41) is 2.79. The van der Waals surface area contributed by atoms with Gasteiger partial charge in [0, 0.05) is 44.6 Å². The molecular formula is C17H22N4O2. The van der Waals surface area contributed by atoms with Crippen molar-refractivity contribution in [2.24, 2.45) is 0 Å². The van der Waals surface area contributed by atoms with Crippen LogP contribution >= 0.6 is 0 Å². The third-order valence-corrected chi connectivity index (χ3v) is 3.88. The molecule has 0 saturated carbocycles. The molecule has 0 bridgehead atoms. The van der Waals surface area contributed by atoms with E-state index in [1.807, 2.05) is 24.7 Å². The van der Waals surface area contributed by atoms with Crippen molar-refractivity contribution in [2.75, 3.05) is 25.0 Å². The minimum absolute atomic E-state index is 0.0479. The van der Waals surface area contributed by atoms with Gasteiger partial charge < -0.3 is 14.6 Å². The third-order valence-electron chi connectivity index (χ3n) is 3.88. The SMILES string of the molecule is CC(=O)Nc1ccc(CN2CCOC(Cn3ccnc3)C2)cc1. The smallest absolute Gasteiger partial charge is 0.221 e. The predicted octanol–water partition coefficient (Wildman–Crippen LogP) is 1.74. The van der Waals surface area contributed by atoms with Crippen LogP contribution in [0.5, 0.6) is 0 Å².